The van der Waals surface area contributed by atoms with Crippen molar-refractivity contribution in [2.75, 3.05) is 13.2 Å². The van der Waals surface area contributed by atoms with Crippen molar-refractivity contribution in [3.8, 4) is 0 Å². The van der Waals surface area contributed by atoms with Crippen molar-refractivity contribution in [3.63, 3.8) is 0 Å². The van der Waals surface area contributed by atoms with Gasteiger partial charge in [-0.25, -0.2) is 0 Å². The Morgan fingerprint density at radius 2 is 2.12 bits per heavy atom. The Balaban J connectivity index is 2.77. The van der Waals surface area contributed by atoms with Crippen LogP contribution in [0, 0.1) is 11.3 Å². The predicted octanol–water partition coefficient (Wildman–Crippen LogP) is 2.78. The summed E-state index contributed by atoms with van der Waals surface area (Å²) in [4.78, 5) is 11.9. The summed E-state index contributed by atoms with van der Waals surface area (Å²) in [5.41, 5.74) is -0.514. The van der Waals surface area contributed by atoms with Crippen LogP contribution in [-0.2, 0) is 14.3 Å². The highest BCUT2D eigenvalue weighted by Gasteiger charge is 2.48. The average molecular weight is 228 g/mol. The molecule has 0 N–H and O–H groups in total. The molecular formula is C13H24O3. The van der Waals surface area contributed by atoms with Crippen LogP contribution in [-0.4, -0.2) is 24.8 Å². The molecule has 2 unspecified atom stereocenters. The molecule has 2 atom stereocenters. The van der Waals surface area contributed by atoms with E-state index in [9.17, 15) is 4.79 Å². The molecule has 0 spiro atoms. The molecule has 1 aliphatic heterocycles. The van der Waals surface area contributed by atoms with Crippen LogP contribution in [0.1, 0.15) is 47.5 Å². The van der Waals surface area contributed by atoms with E-state index in [4.69, 9.17) is 9.47 Å². The number of hydrogen-bond acceptors (Lipinski definition) is 3. The van der Waals surface area contributed by atoms with E-state index in [1.165, 1.54) is 0 Å². The van der Waals surface area contributed by atoms with Crippen LogP contribution in [0.3, 0.4) is 0 Å². The smallest absolute Gasteiger partial charge is 0.309 e. The number of carbonyl (C=O) groups excluding carboxylic acids is 1. The van der Waals surface area contributed by atoms with Gasteiger partial charge in [0.25, 0.3) is 0 Å². The summed E-state index contributed by atoms with van der Waals surface area (Å²) in [6, 6.07) is 0. The Hall–Kier alpha value is -0.570. The molecule has 0 aromatic carbocycles. The van der Waals surface area contributed by atoms with Crippen LogP contribution < -0.4 is 0 Å². The summed E-state index contributed by atoms with van der Waals surface area (Å²) in [6.07, 6.45) is 1.62. The summed E-state index contributed by atoms with van der Waals surface area (Å²) in [7, 11) is 0. The van der Waals surface area contributed by atoms with Gasteiger partial charge in [0.05, 0.1) is 19.1 Å². The lowest BCUT2D eigenvalue weighted by Crippen LogP contribution is -2.48. The van der Waals surface area contributed by atoms with Crippen LogP contribution in [0.15, 0.2) is 0 Å². The second-order valence-electron chi connectivity index (χ2n) is 5.78. The van der Waals surface area contributed by atoms with Gasteiger partial charge in [-0.05, 0) is 6.42 Å². The Bertz CT molecular complexity index is 246. The van der Waals surface area contributed by atoms with Gasteiger partial charge >= 0.3 is 5.97 Å². The summed E-state index contributed by atoms with van der Waals surface area (Å²) < 4.78 is 11.2. The highest BCUT2D eigenvalue weighted by molar-refractivity contribution is 5.72. The molecule has 1 fully saturated rings. The third kappa shape index (κ3) is 2.57. The van der Waals surface area contributed by atoms with E-state index in [0.717, 1.165) is 12.8 Å². The summed E-state index contributed by atoms with van der Waals surface area (Å²) in [6.45, 7) is 11.4. The van der Waals surface area contributed by atoms with Crippen molar-refractivity contribution < 1.29 is 14.3 Å². The molecule has 0 saturated carbocycles. The predicted molar refractivity (Wildman–Crippen MR) is 63.2 cm³/mol. The van der Waals surface area contributed by atoms with Crippen LogP contribution in [0.5, 0.6) is 0 Å². The molecule has 0 aromatic heterocycles. The zero-order valence-electron chi connectivity index (χ0n) is 11.1. The SMILES string of the molecule is CCC(C)C(=O)OC1(C(C)(C)C)CCOC1. The third-order valence-corrected chi connectivity index (χ3v) is 3.66. The van der Waals surface area contributed by atoms with Gasteiger partial charge in [0.2, 0.25) is 0 Å². The van der Waals surface area contributed by atoms with Gasteiger partial charge in [-0.3, -0.25) is 4.79 Å². The van der Waals surface area contributed by atoms with Crippen molar-refractivity contribution in [1.29, 1.82) is 0 Å². The molecule has 94 valence electrons. The lowest BCUT2D eigenvalue weighted by molar-refractivity contribution is -0.177. The fraction of sp³-hybridized carbons (Fsp3) is 0.923. The van der Waals surface area contributed by atoms with E-state index < -0.39 is 5.60 Å². The minimum absolute atomic E-state index is 0.0279. The van der Waals surface area contributed by atoms with Crippen LogP contribution in [0.4, 0.5) is 0 Å². The molecule has 3 nitrogen and oxygen atoms in total. The number of esters is 1. The van der Waals surface area contributed by atoms with Crippen LogP contribution in [0.25, 0.3) is 0 Å². The van der Waals surface area contributed by atoms with E-state index in [2.05, 4.69) is 20.8 Å². The minimum Gasteiger partial charge on any atom is -0.456 e. The fourth-order valence-corrected chi connectivity index (χ4v) is 1.83. The summed E-state index contributed by atoms with van der Waals surface area (Å²) in [5.74, 6) is -0.122. The molecule has 1 rings (SSSR count). The molecule has 1 aliphatic rings. The first-order chi connectivity index (χ1) is 7.32. The molecule has 0 bridgehead atoms. The van der Waals surface area contributed by atoms with Gasteiger partial charge in [-0.15, -0.1) is 0 Å². The van der Waals surface area contributed by atoms with Gasteiger partial charge in [-0.1, -0.05) is 34.6 Å². The Morgan fingerprint density at radius 1 is 1.50 bits per heavy atom. The Kier molecular flexibility index (Phi) is 4.00. The molecule has 3 heteroatoms. The number of rotatable bonds is 3. The summed E-state index contributed by atoms with van der Waals surface area (Å²) >= 11 is 0. The number of ether oxygens (including phenoxy) is 2. The highest BCUT2D eigenvalue weighted by atomic mass is 16.6. The van der Waals surface area contributed by atoms with Gasteiger partial charge < -0.3 is 9.47 Å². The normalized spacial score (nSPS) is 27.8. The van der Waals surface area contributed by atoms with Crippen molar-refractivity contribution in [3.05, 3.63) is 0 Å². The average Bonchev–Trinajstić information content (AvgIpc) is 2.65. The molecule has 1 heterocycles. The van der Waals surface area contributed by atoms with Gasteiger partial charge in [0.15, 0.2) is 0 Å². The summed E-state index contributed by atoms with van der Waals surface area (Å²) in [5, 5.41) is 0. The maximum atomic E-state index is 11.9. The molecule has 16 heavy (non-hydrogen) atoms. The first-order valence-electron chi connectivity index (χ1n) is 6.13. The molecular weight excluding hydrogens is 204 g/mol. The van der Waals surface area contributed by atoms with E-state index in [1.807, 2.05) is 13.8 Å². The fourth-order valence-electron chi connectivity index (χ4n) is 1.83. The molecule has 0 radical (unpaired) electrons. The van der Waals surface area contributed by atoms with E-state index >= 15 is 0 Å². The molecule has 0 amide bonds. The monoisotopic (exact) mass is 228 g/mol. The highest BCUT2D eigenvalue weighted by Crippen LogP contribution is 2.40. The van der Waals surface area contributed by atoms with E-state index in [-0.39, 0.29) is 17.3 Å². The Labute approximate surface area is 98.5 Å². The van der Waals surface area contributed by atoms with Crippen molar-refractivity contribution in [1.82, 2.24) is 0 Å². The first-order valence-corrected chi connectivity index (χ1v) is 6.13. The third-order valence-electron chi connectivity index (χ3n) is 3.66. The first kappa shape index (κ1) is 13.5. The quantitative estimate of drug-likeness (QED) is 0.697. The van der Waals surface area contributed by atoms with Crippen molar-refractivity contribution >= 4 is 5.97 Å². The van der Waals surface area contributed by atoms with Gasteiger partial charge in [-0.2, -0.15) is 0 Å². The second kappa shape index (κ2) is 4.74. The van der Waals surface area contributed by atoms with Gasteiger partial charge in [0.1, 0.15) is 5.60 Å². The lowest BCUT2D eigenvalue weighted by Gasteiger charge is -2.40. The molecule has 0 aromatic rings. The number of carbonyl (C=O) groups is 1. The van der Waals surface area contributed by atoms with Crippen LogP contribution >= 0.6 is 0 Å². The van der Waals surface area contributed by atoms with E-state index in [0.29, 0.717) is 13.2 Å². The topological polar surface area (TPSA) is 35.5 Å². The molecule has 1 saturated heterocycles. The minimum atomic E-state index is -0.437. The number of hydrogen-bond donors (Lipinski definition) is 0. The standard InChI is InChI=1S/C13H24O3/c1-6-10(2)11(14)16-13(12(3,4)5)7-8-15-9-13/h10H,6-9H2,1-5H3. The zero-order chi connectivity index (χ0) is 12.4. The maximum absolute atomic E-state index is 11.9. The van der Waals surface area contributed by atoms with Crippen LogP contribution in [0.2, 0.25) is 0 Å². The lowest BCUT2D eigenvalue weighted by atomic mass is 9.75. The zero-order valence-corrected chi connectivity index (χ0v) is 11.1. The second-order valence-corrected chi connectivity index (χ2v) is 5.78. The van der Waals surface area contributed by atoms with E-state index in [1.54, 1.807) is 0 Å². The largest absolute Gasteiger partial charge is 0.456 e. The van der Waals surface area contributed by atoms with Crippen molar-refractivity contribution in [2.24, 2.45) is 11.3 Å². The van der Waals surface area contributed by atoms with Gasteiger partial charge in [0, 0.05) is 11.8 Å². The maximum Gasteiger partial charge on any atom is 0.309 e. The Morgan fingerprint density at radius 3 is 2.50 bits per heavy atom. The molecule has 0 aliphatic carbocycles. The van der Waals surface area contributed by atoms with Crippen molar-refractivity contribution in [2.45, 2.75) is 53.1 Å².